The van der Waals surface area contributed by atoms with E-state index in [1.54, 1.807) is 0 Å². The molecule has 1 aromatic heterocycles. The molecule has 0 amide bonds. The van der Waals surface area contributed by atoms with Crippen molar-refractivity contribution in [3.05, 3.63) is 15.4 Å². The van der Waals surface area contributed by atoms with E-state index in [0.717, 1.165) is 4.31 Å². The summed E-state index contributed by atoms with van der Waals surface area (Å²) < 4.78 is 30.8. The van der Waals surface area contributed by atoms with Gasteiger partial charge >= 0.3 is 10.8 Å². The Morgan fingerprint density at radius 3 is 2.65 bits per heavy atom. The third-order valence-electron chi connectivity index (χ3n) is 3.23. The first kappa shape index (κ1) is 15.2. The average Bonchev–Trinajstić information content (AvgIpc) is 2.94. The Labute approximate surface area is 119 Å². The smallest absolute Gasteiger partial charge is 0.310 e. The van der Waals surface area contributed by atoms with Gasteiger partial charge in [0.15, 0.2) is 4.21 Å². The number of carboxylic acid groups (broad SMARTS) is 1. The molecule has 2 atom stereocenters. The number of nitrogens with zero attached hydrogens (tertiary/aromatic N) is 1. The lowest BCUT2D eigenvalue weighted by molar-refractivity contribution is -0.142. The van der Waals surface area contributed by atoms with Crippen LogP contribution in [0.3, 0.4) is 0 Å². The van der Waals surface area contributed by atoms with Crippen LogP contribution in [0, 0.1) is 12.8 Å². The van der Waals surface area contributed by atoms with E-state index >= 15 is 0 Å². The Morgan fingerprint density at radius 1 is 1.50 bits per heavy atom. The molecular formula is C10H14N2O6S2. The zero-order valence-electron chi connectivity index (χ0n) is 10.8. The molecule has 0 aromatic carbocycles. The quantitative estimate of drug-likeness (QED) is 0.769. The largest absolute Gasteiger partial charge is 0.481 e. The second kappa shape index (κ2) is 5.28. The van der Waals surface area contributed by atoms with Gasteiger partial charge in [0.05, 0.1) is 25.2 Å². The van der Waals surface area contributed by atoms with Crippen molar-refractivity contribution >= 4 is 27.3 Å². The maximum absolute atomic E-state index is 12.5. The number of nitrogens with one attached hydrogen (secondary N) is 1. The number of aryl methyl sites for hydroxylation is 1. The van der Waals surface area contributed by atoms with E-state index in [0.29, 0.717) is 11.3 Å². The molecular weight excluding hydrogens is 308 g/mol. The van der Waals surface area contributed by atoms with Gasteiger partial charge in [0.1, 0.15) is 0 Å². The molecule has 20 heavy (non-hydrogen) atoms. The van der Waals surface area contributed by atoms with Crippen LogP contribution in [0.1, 0.15) is 5.69 Å². The Hall–Kier alpha value is -1.23. The number of thiazole rings is 1. The highest BCUT2D eigenvalue weighted by atomic mass is 32.2. The summed E-state index contributed by atoms with van der Waals surface area (Å²) in [6, 6.07) is -0.783. The molecule has 2 unspecified atom stereocenters. The van der Waals surface area contributed by atoms with E-state index in [4.69, 9.17) is 9.84 Å². The lowest BCUT2D eigenvalue weighted by Gasteiger charge is -2.25. The SMILES string of the molecule is Cc1[nH]c(=O)sc1S(=O)(=O)N(C)C1COCC1C(=O)O. The molecule has 0 bridgehead atoms. The van der Waals surface area contributed by atoms with E-state index in [9.17, 15) is 18.0 Å². The van der Waals surface area contributed by atoms with Crippen LogP contribution in [0.15, 0.2) is 9.00 Å². The Bertz CT molecular complexity index is 676. The molecule has 2 rings (SSSR count). The van der Waals surface area contributed by atoms with Crippen molar-refractivity contribution in [3.8, 4) is 0 Å². The molecule has 1 saturated heterocycles. The number of rotatable bonds is 4. The number of aliphatic carboxylic acids is 1. The zero-order valence-corrected chi connectivity index (χ0v) is 12.5. The first-order valence-electron chi connectivity index (χ1n) is 5.73. The third-order valence-corrected chi connectivity index (χ3v) is 6.69. The van der Waals surface area contributed by atoms with Crippen LogP contribution in [-0.2, 0) is 19.6 Å². The van der Waals surface area contributed by atoms with Gasteiger partial charge in [0, 0.05) is 12.7 Å². The van der Waals surface area contributed by atoms with Crippen LogP contribution in [0.2, 0.25) is 0 Å². The molecule has 112 valence electrons. The summed E-state index contributed by atoms with van der Waals surface area (Å²) >= 11 is 0.589. The van der Waals surface area contributed by atoms with Crippen LogP contribution in [0.5, 0.6) is 0 Å². The van der Waals surface area contributed by atoms with Crippen molar-refractivity contribution in [1.82, 2.24) is 9.29 Å². The lowest BCUT2D eigenvalue weighted by Crippen LogP contribution is -2.43. The summed E-state index contributed by atoms with van der Waals surface area (Å²) in [6.45, 7) is 1.48. The van der Waals surface area contributed by atoms with Crippen molar-refractivity contribution in [3.63, 3.8) is 0 Å². The summed E-state index contributed by atoms with van der Waals surface area (Å²) in [5.41, 5.74) is 0.248. The predicted molar refractivity (Wildman–Crippen MR) is 70.4 cm³/mol. The number of aromatic nitrogens is 1. The number of aromatic amines is 1. The lowest BCUT2D eigenvalue weighted by atomic mass is 10.1. The van der Waals surface area contributed by atoms with Gasteiger partial charge in [-0.2, -0.15) is 4.31 Å². The molecule has 0 saturated carbocycles. The standard InChI is InChI=1S/C10H14N2O6S2/c1-5-9(19-10(15)11-5)20(16,17)12(2)7-4-18-3-6(7)8(13)14/h6-7H,3-4H2,1-2H3,(H,11,15)(H,13,14). The van der Waals surface area contributed by atoms with Gasteiger partial charge in [0.2, 0.25) is 0 Å². The molecule has 10 heteroatoms. The molecule has 0 radical (unpaired) electrons. The van der Waals surface area contributed by atoms with E-state index in [1.807, 2.05) is 0 Å². The van der Waals surface area contributed by atoms with Crippen LogP contribution in [0.4, 0.5) is 0 Å². The molecule has 0 aliphatic carbocycles. The molecule has 2 N–H and O–H groups in total. The number of carboxylic acids is 1. The van der Waals surface area contributed by atoms with Crippen molar-refractivity contribution in [2.45, 2.75) is 17.2 Å². The Morgan fingerprint density at radius 2 is 2.15 bits per heavy atom. The van der Waals surface area contributed by atoms with Gasteiger partial charge in [-0.15, -0.1) is 0 Å². The summed E-state index contributed by atoms with van der Waals surface area (Å²) in [7, 11) is -2.62. The predicted octanol–water partition coefficient (Wildman–Crippen LogP) is -0.535. The summed E-state index contributed by atoms with van der Waals surface area (Å²) in [5.74, 6) is -2.01. The van der Waals surface area contributed by atoms with Gasteiger partial charge in [-0.3, -0.25) is 9.59 Å². The Balaban J connectivity index is 2.37. The van der Waals surface area contributed by atoms with E-state index in [1.165, 1.54) is 14.0 Å². The zero-order chi connectivity index (χ0) is 15.1. The maximum atomic E-state index is 12.5. The number of carbonyl (C=O) groups is 1. The van der Waals surface area contributed by atoms with E-state index < -0.39 is 32.8 Å². The first-order valence-corrected chi connectivity index (χ1v) is 7.99. The van der Waals surface area contributed by atoms with Crippen molar-refractivity contribution in [2.24, 2.45) is 5.92 Å². The fourth-order valence-corrected chi connectivity index (χ4v) is 4.92. The third kappa shape index (κ3) is 2.51. The molecule has 2 heterocycles. The van der Waals surface area contributed by atoms with Crippen molar-refractivity contribution in [1.29, 1.82) is 0 Å². The minimum absolute atomic E-state index is 0.0189. The summed E-state index contributed by atoms with van der Waals surface area (Å²) in [5, 5.41) is 9.07. The first-order chi connectivity index (χ1) is 9.25. The van der Waals surface area contributed by atoms with Crippen molar-refractivity contribution in [2.75, 3.05) is 20.3 Å². The number of sulfonamides is 1. The normalized spacial score (nSPS) is 23.4. The molecule has 1 fully saturated rings. The number of hydrogen-bond donors (Lipinski definition) is 2. The fourth-order valence-electron chi connectivity index (χ4n) is 2.08. The summed E-state index contributed by atoms with van der Waals surface area (Å²) in [6.07, 6.45) is 0. The van der Waals surface area contributed by atoms with Gasteiger partial charge in [-0.1, -0.05) is 11.3 Å². The fraction of sp³-hybridized carbons (Fsp3) is 0.600. The van der Waals surface area contributed by atoms with Gasteiger partial charge in [-0.05, 0) is 6.92 Å². The number of ether oxygens (including phenoxy) is 1. The summed E-state index contributed by atoms with van der Waals surface area (Å²) in [4.78, 5) is 24.3. The van der Waals surface area contributed by atoms with E-state index in [-0.39, 0.29) is 23.1 Å². The second-order valence-electron chi connectivity index (χ2n) is 4.50. The highest BCUT2D eigenvalue weighted by Gasteiger charge is 2.42. The molecule has 0 spiro atoms. The molecule has 1 aliphatic rings. The number of hydrogen-bond acceptors (Lipinski definition) is 6. The minimum Gasteiger partial charge on any atom is -0.481 e. The highest BCUT2D eigenvalue weighted by Crippen LogP contribution is 2.27. The monoisotopic (exact) mass is 322 g/mol. The van der Waals surface area contributed by atoms with Gasteiger partial charge in [0.25, 0.3) is 10.0 Å². The Kier molecular flexibility index (Phi) is 4.00. The highest BCUT2D eigenvalue weighted by molar-refractivity contribution is 7.91. The maximum Gasteiger partial charge on any atom is 0.310 e. The van der Waals surface area contributed by atoms with Crippen LogP contribution >= 0.6 is 11.3 Å². The van der Waals surface area contributed by atoms with Crippen molar-refractivity contribution < 1.29 is 23.1 Å². The number of likely N-dealkylation sites (N-methyl/N-ethyl adjacent to an activating group) is 1. The van der Waals surface area contributed by atoms with Gasteiger partial charge < -0.3 is 14.8 Å². The molecule has 8 nitrogen and oxygen atoms in total. The minimum atomic E-state index is -3.92. The molecule has 1 aromatic rings. The molecule has 1 aliphatic heterocycles. The van der Waals surface area contributed by atoms with Crippen LogP contribution in [0.25, 0.3) is 0 Å². The van der Waals surface area contributed by atoms with E-state index in [2.05, 4.69) is 4.98 Å². The van der Waals surface area contributed by atoms with Gasteiger partial charge in [-0.25, -0.2) is 8.42 Å². The van der Waals surface area contributed by atoms with Crippen LogP contribution < -0.4 is 4.87 Å². The second-order valence-corrected chi connectivity index (χ2v) is 7.67. The van der Waals surface area contributed by atoms with Crippen LogP contribution in [-0.4, -0.2) is 55.1 Å². The topological polar surface area (TPSA) is 117 Å². The number of H-pyrrole nitrogens is 1. The average molecular weight is 322 g/mol.